The fourth-order valence-electron chi connectivity index (χ4n) is 20.0. The Labute approximate surface area is 766 Å². The Hall–Kier alpha value is -16.8. The Morgan fingerprint density at radius 1 is 0.191 bits per heavy atom. The van der Waals surface area contributed by atoms with Crippen LogP contribution in [0.1, 0.15) is 0 Å². The van der Waals surface area contributed by atoms with E-state index in [1.165, 1.54) is 153 Å². The van der Waals surface area contributed by atoms with Crippen LogP contribution in [0.4, 0.5) is 34.1 Å². The second kappa shape index (κ2) is 33.2. The summed E-state index contributed by atoms with van der Waals surface area (Å²) in [6.07, 6.45) is 0. The summed E-state index contributed by atoms with van der Waals surface area (Å²) in [5.41, 5.74) is 29.0. The van der Waals surface area contributed by atoms with Gasteiger partial charge in [0.2, 0.25) is 0 Å². The Morgan fingerprint density at radius 3 is 1.02 bits per heavy atom. The predicted octanol–water partition coefficient (Wildman–Crippen LogP) is 35.0. The maximum Gasteiger partial charge on any atom is 0.0619 e. The number of H-pyrrole nitrogens is 1. The third kappa shape index (κ3) is 14.1. The van der Waals surface area contributed by atoms with Gasteiger partial charge < -0.3 is 28.5 Å². The number of nitrogens with zero attached hydrogens (tertiary/aromatic N) is 5. The zero-order valence-electron chi connectivity index (χ0n) is 71.5. The molecular weight excluding hydrogens is 1650 g/mol. The monoisotopic (exact) mass is 1730 g/mol. The fraction of sp³-hybridized carbons (Fsp3) is 0. The Kier molecular flexibility index (Phi) is 19.7. The van der Waals surface area contributed by atoms with E-state index in [9.17, 15) is 0 Å². The van der Waals surface area contributed by atoms with E-state index in [4.69, 9.17) is 0 Å². The molecule has 0 spiro atoms. The second-order valence-electron chi connectivity index (χ2n) is 33.7. The smallest absolute Gasteiger partial charge is 0.0619 e. The Balaban J connectivity index is 0.000000135. The summed E-state index contributed by atoms with van der Waals surface area (Å²) < 4.78 is 8.40. The van der Waals surface area contributed by atoms with Gasteiger partial charge in [0.15, 0.2) is 0 Å². The lowest BCUT2D eigenvalue weighted by Gasteiger charge is -2.26. The first-order chi connectivity index (χ1) is 64.9. The first kappa shape index (κ1) is 77.7. The summed E-state index contributed by atoms with van der Waals surface area (Å²) >= 11 is 3.31. The van der Waals surface area contributed by atoms with Crippen molar-refractivity contribution in [3.63, 3.8) is 0 Å². The first-order valence-electron chi connectivity index (χ1n) is 44.7. The predicted molar refractivity (Wildman–Crippen MR) is 561 cm³/mol. The number of aromatic nitrogens is 4. The number of nitrogens with one attached hydrogen (secondary N) is 1. The molecule has 4 heterocycles. The molecule has 0 aliphatic carbocycles. The van der Waals surface area contributed by atoms with Gasteiger partial charge >= 0.3 is 0 Å². The molecule has 0 aliphatic rings. The van der Waals surface area contributed by atoms with Gasteiger partial charge in [-0.2, -0.15) is 0 Å². The Morgan fingerprint density at radius 2 is 0.534 bits per heavy atom. The molecule has 7 heteroatoms. The zero-order valence-corrected chi connectivity index (χ0v) is 73.0. The van der Waals surface area contributed by atoms with Gasteiger partial charge in [-0.1, -0.05) is 331 Å². The van der Waals surface area contributed by atoms with Crippen molar-refractivity contribution in [2.75, 3.05) is 9.80 Å². The SMILES string of the molecule is Brc1ccccc1.c1ccc(N(c2ccc(-c3cc(-c4ccc(-n5c6ccccc6c6c7ccccc7ccc65)cc4)cc4c3[nH]c3ccccc34)cc2)c2ccc3ccccc3c2)cc1.c1ccc(N(c2ccc(-c3cc(-c4ccc(-n5c6ccccc6c6c7ccccc7ccc65)cc4)cc4c5ccccc5n(-c5ccccc5)c34)cc2)c2ccc3ccccc3c2)cc1. The highest BCUT2D eigenvalue weighted by molar-refractivity contribution is 9.10. The Bertz CT molecular complexity index is 8820. The van der Waals surface area contributed by atoms with Gasteiger partial charge in [0.05, 0.1) is 38.6 Å². The van der Waals surface area contributed by atoms with Gasteiger partial charge in [0.1, 0.15) is 0 Å². The molecule has 0 saturated carbocycles. The summed E-state index contributed by atoms with van der Waals surface area (Å²) in [6, 6.07) is 180. The molecule has 22 aromatic carbocycles. The molecule has 0 amide bonds. The number of hydrogen-bond acceptors (Lipinski definition) is 2. The lowest BCUT2D eigenvalue weighted by atomic mass is 9.95. The quantitative estimate of drug-likeness (QED) is 0.125. The number of anilines is 6. The fourth-order valence-corrected chi connectivity index (χ4v) is 20.3. The first-order valence-corrected chi connectivity index (χ1v) is 45.5. The molecule has 0 radical (unpaired) electrons. The van der Waals surface area contributed by atoms with Gasteiger partial charge in [0, 0.05) is 115 Å². The van der Waals surface area contributed by atoms with Crippen LogP contribution in [0, 0.1) is 0 Å². The molecule has 1 N–H and O–H groups in total. The molecular formula is C124H83BrN6. The molecule has 26 rings (SSSR count). The van der Waals surface area contributed by atoms with E-state index in [2.05, 4.69) is 512 Å². The number of fused-ring (bicyclic) bond motifs is 18. The average molecular weight is 1740 g/mol. The maximum absolute atomic E-state index is 3.79. The van der Waals surface area contributed by atoms with E-state index >= 15 is 0 Å². The van der Waals surface area contributed by atoms with Gasteiger partial charge in [0.25, 0.3) is 0 Å². The van der Waals surface area contributed by atoms with Gasteiger partial charge in [-0.3, -0.25) is 0 Å². The zero-order chi connectivity index (χ0) is 86.8. The highest BCUT2D eigenvalue weighted by Crippen LogP contribution is 2.48. The summed E-state index contributed by atoms with van der Waals surface area (Å²) in [7, 11) is 0. The minimum absolute atomic E-state index is 1.10. The molecule has 131 heavy (non-hydrogen) atoms. The lowest BCUT2D eigenvalue weighted by Crippen LogP contribution is -2.09. The molecule has 0 unspecified atom stereocenters. The normalized spacial score (nSPS) is 11.5. The minimum atomic E-state index is 1.10. The average Bonchev–Trinajstić information content (AvgIpc) is 1.56. The molecule has 0 fully saturated rings. The molecule has 0 atom stereocenters. The summed E-state index contributed by atoms with van der Waals surface area (Å²) in [4.78, 5) is 8.48. The molecule has 0 aliphatic heterocycles. The standard InChI is InChI=1S/C62H41N3.C56H37N3.C6H5Br/c1-3-18-48(19-4-1)63(52-37-29-42-15-7-8-17-46(42)39-52)50-35-30-45(31-36-50)56-40-47(41-57-54-23-11-13-25-58(54)65(62(56)57)49-20-5-2-6-21-49)43-27-33-51(34-28-43)64-59-26-14-12-24-55(59)61-53-22-10-9-16-44(53)32-38-60(61)64;1-2-15-43(16-3-1)58(46-32-24-37-12-4-5-14-41(37)34-46)44-30-25-40(26-31-44)50-35-42(36-51-48-18-8-10-20-52(48)57-56(50)51)38-22-28-45(29-23-38)59-53-21-11-9-19-49(53)55-47-17-7-6-13-39(47)27-33-54(55)59;7-6-4-2-1-3-5-6/h1-41H;1-36,57H;1-5H. The summed E-state index contributed by atoms with van der Waals surface area (Å²) in [5.74, 6) is 0. The number of rotatable bonds is 13. The number of para-hydroxylation sites is 7. The van der Waals surface area contributed by atoms with Crippen LogP contribution in [-0.2, 0) is 0 Å². The highest BCUT2D eigenvalue weighted by atomic mass is 79.9. The van der Waals surface area contributed by atoms with Crippen LogP contribution < -0.4 is 9.80 Å². The van der Waals surface area contributed by atoms with E-state index in [1.54, 1.807) is 0 Å². The lowest BCUT2D eigenvalue weighted by molar-refractivity contribution is 1.18. The third-order valence-electron chi connectivity index (χ3n) is 26.1. The van der Waals surface area contributed by atoms with Crippen molar-refractivity contribution >= 4 is 180 Å². The van der Waals surface area contributed by atoms with E-state index in [-0.39, 0.29) is 0 Å². The molecule has 26 aromatic rings. The summed E-state index contributed by atoms with van der Waals surface area (Å²) in [5, 5.41) is 20.0. The molecule has 616 valence electrons. The number of aromatic amines is 1. The largest absolute Gasteiger partial charge is 0.354 e. The van der Waals surface area contributed by atoms with Gasteiger partial charge in [-0.15, -0.1) is 0 Å². The van der Waals surface area contributed by atoms with Crippen LogP contribution in [0.3, 0.4) is 0 Å². The van der Waals surface area contributed by atoms with Crippen LogP contribution in [0.15, 0.2) is 502 Å². The van der Waals surface area contributed by atoms with Gasteiger partial charge in [-0.25, -0.2) is 0 Å². The van der Waals surface area contributed by atoms with Crippen molar-refractivity contribution in [1.29, 1.82) is 0 Å². The van der Waals surface area contributed by atoms with Crippen molar-refractivity contribution in [2.45, 2.75) is 0 Å². The van der Waals surface area contributed by atoms with Gasteiger partial charge in [-0.05, 0) is 258 Å². The molecule has 6 nitrogen and oxygen atoms in total. The van der Waals surface area contributed by atoms with Crippen LogP contribution >= 0.6 is 15.9 Å². The van der Waals surface area contributed by atoms with Crippen LogP contribution in [-0.4, -0.2) is 18.7 Å². The number of halogens is 1. The van der Waals surface area contributed by atoms with E-state index in [0.29, 0.717) is 0 Å². The summed E-state index contributed by atoms with van der Waals surface area (Å²) in [6.45, 7) is 0. The van der Waals surface area contributed by atoms with E-state index in [0.717, 1.165) is 77.8 Å². The van der Waals surface area contributed by atoms with Crippen molar-refractivity contribution in [3.8, 4) is 61.6 Å². The maximum atomic E-state index is 3.79. The van der Waals surface area contributed by atoms with E-state index in [1.807, 2.05) is 30.3 Å². The van der Waals surface area contributed by atoms with Crippen LogP contribution in [0.5, 0.6) is 0 Å². The minimum Gasteiger partial charge on any atom is -0.354 e. The van der Waals surface area contributed by atoms with Crippen molar-refractivity contribution < 1.29 is 0 Å². The number of hydrogen-bond donors (Lipinski definition) is 1. The van der Waals surface area contributed by atoms with Crippen molar-refractivity contribution in [3.05, 3.63) is 502 Å². The number of benzene rings is 22. The molecule has 0 bridgehead atoms. The van der Waals surface area contributed by atoms with Crippen LogP contribution in [0.25, 0.3) is 192 Å². The van der Waals surface area contributed by atoms with Crippen LogP contribution in [0.2, 0.25) is 0 Å². The second-order valence-corrected chi connectivity index (χ2v) is 34.6. The van der Waals surface area contributed by atoms with E-state index < -0.39 is 0 Å². The van der Waals surface area contributed by atoms with Crippen molar-refractivity contribution in [2.24, 2.45) is 0 Å². The highest BCUT2D eigenvalue weighted by Gasteiger charge is 2.24. The molecule has 4 aromatic heterocycles. The van der Waals surface area contributed by atoms with Crippen molar-refractivity contribution in [1.82, 2.24) is 18.7 Å². The molecule has 0 saturated heterocycles. The topological polar surface area (TPSA) is 37.1 Å². The third-order valence-corrected chi connectivity index (χ3v) is 26.6.